The van der Waals surface area contributed by atoms with Crippen LogP contribution in [0, 0.1) is 0 Å². The summed E-state index contributed by atoms with van der Waals surface area (Å²) in [5.41, 5.74) is -0.292. The molecule has 0 radical (unpaired) electrons. The van der Waals surface area contributed by atoms with Crippen LogP contribution in [0.25, 0.3) is 0 Å². The number of carboxylic acids is 1. The third-order valence-corrected chi connectivity index (χ3v) is 5.05. The molecule has 1 aliphatic heterocycles. The molecule has 2 heterocycles. The van der Waals surface area contributed by atoms with Gasteiger partial charge in [-0.25, -0.2) is 4.98 Å². The van der Waals surface area contributed by atoms with Gasteiger partial charge < -0.3 is 14.9 Å². The van der Waals surface area contributed by atoms with Gasteiger partial charge in [0.25, 0.3) is 0 Å². The third-order valence-electron chi connectivity index (χ3n) is 4.12. The number of anilines is 1. The molecule has 1 saturated heterocycles. The topological polar surface area (TPSA) is 56.7 Å². The molecule has 0 aromatic carbocycles. The van der Waals surface area contributed by atoms with Gasteiger partial charge >= 0.3 is 5.97 Å². The zero-order chi connectivity index (χ0) is 14.9. The zero-order valence-corrected chi connectivity index (χ0v) is 13.4. The van der Waals surface area contributed by atoms with Crippen molar-refractivity contribution >= 4 is 22.4 Å². The van der Waals surface area contributed by atoms with E-state index in [1.165, 1.54) is 17.8 Å². The van der Waals surface area contributed by atoms with Crippen molar-refractivity contribution < 1.29 is 9.90 Å². The van der Waals surface area contributed by atoms with Crippen molar-refractivity contribution in [3.05, 3.63) is 11.1 Å². The predicted octanol–water partition coefficient (Wildman–Crippen LogP) is 2.04. The third kappa shape index (κ3) is 2.96. The highest BCUT2D eigenvalue weighted by Gasteiger charge is 2.33. The lowest BCUT2D eigenvalue weighted by Gasteiger charge is -2.35. The number of piperidine rings is 1. The first-order chi connectivity index (χ1) is 9.32. The Morgan fingerprint density at radius 3 is 2.90 bits per heavy atom. The van der Waals surface area contributed by atoms with Crippen LogP contribution in [0.3, 0.4) is 0 Å². The lowest BCUT2D eigenvalue weighted by Crippen LogP contribution is -2.45. The molecule has 6 heteroatoms. The van der Waals surface area contributed by atoms with Crippen LogP contribution in [0.2, 0.25) is 0 Å². The van der Waals surface area contributed by atoms with Crippen LogP contribution < -0.4 is 4.90 Å². The van der Waals surface area contributed by atoms with Crippen molar-refractivity contribution in [1.82, 2.24) is 9.88 Å². The van der Waals surface area contributed by atoms with Gasteiger partial charge in [-0.2, -0.15) is 0 Å². The second kappa shape index (κ2) is 5.69. The Balaban J connectivity index is 2.14. The van der Waals surface area contributed by atoms with Crippen LogP contribution in [-0.2, 0) is 10.2 Å². The minimum atomic E-state index is -0.932. The van der Waals surface area contributed by atoms with Crippen LogP contribution in [0.4, 0.5) is 5.13 Å². The van der Waals surface area contributed by atoms with Crippen molar-refractivity contribution in [2.75, 3.05) is 32.1 Å². The van der Waals surface area contributed by atoms with Crippen molar-refractivity contribution in [2.45, 2.75) is 38.1 Å². The quantitative estimate of drug-likeness (QED) is 0.921. The van der Waals surface area contributed by atoms with Gasteiger partial charge in [0.15, 0.2) is 5.13 Å². The standard InChI is InChI=1S/C14H23N3O2S/c1-14(2,12(18)19)11-9-20-13(15-11)17(4)10-6-5-7-16(3)8-10/h9-10H,5-8H2,1-4H3,(H,18,19). The fourth-order valence-corrected chi connectivity index (χ4v) is 3.47. The smallest absolute Gasteiger partial charge is 0.315 e. The largest absolute Gasteiger partial charge is 0.481 e. The SMILES string of the molecule is CN1CCCC(N(C)c2nc(C(C)(C)C(=O)O)cs2)C1. The van der Waals surface area contributed by atoms with E-state index in [9.17, 15) is 9.90 Å². The summed E-state index contributed by atoms with van der Waals surface area (Å²) >= 11 is 1.53. The monoisotopic (exact) mass is 297 g/mol. The van der Waals surface area contributed by atoms with Crippen molar-refractivity contribution in [2.24, 2.45) is 0 Å². The molecule has 5 nitrogen and oxygen atoms in total. The predicted molar refractivity (Wildman–Crippen MR) is 81.7 cm³/mol. The zero-order valence-electron chi connectivity index (χ0n) is 12.6. The van der Waals surface area contributed by atoms with Crippen LogP contribution in [0.15, 0.2) is 5.38 Å². The summed E-state index contributed by atoms with van der Waals surface area (Å²) in [6.45, 7) is 5.58. The van der Waals surface area contributed by atoms with Gasteiger partial charge in [0.1, 0.15) is 5.41 Å². The maximum absolute atomic E-state index is 11.3. The average molecular weight is 297 g/mol. The van der Waals surface area contributed by atoms with Gasteiger partial charge in [0.05, 0.1) is 5.69 Å². The highest BCUT2D eigenvalue weighted by Crippen LogP contribution is 2.30. The maximum atomic E-state index is 11.3. The molecule has 112 valence electrons. The van der Waals surface area contributed by atoms with Gasteiger partial charge in [0, 0.05) is 25.0 Å². The first kappa shape index (κ1) is 15.3. The summed E-state index contributed by atoms with van der Waals surface area (Å²) in [7, 11) is 4.20. The van der Waals surface area contributed by atoms with Crippen molar-refractivity contribution in [3.8, 4) is 0 Å². The van der Waals surface area contributed by atoms with Crippen LogP contribution in [0.5, 0.6) is 0 Å². The van der Waals surface area contributed by atoms with Crippen LogP contribution >= 0.6 is 11.3 Å². The Hall–Kier alpha value is -1.14. The van der Waals surface area contributed by atoms with E-state index in [4.69, 9.17) is 0 Å². The Morgan fingerprint density at radius 2 is 2.30 bits per heavy atom. The lowest BCUT2D eigenvalue weighted by atomic mass is 9.90. The van der Waals surface area contributed by atoms with Gasteiger partial charge in [-0.3, -0.25) is 4.79 Å². The Bertz CT molecular complexity index is 487. The lowest BCUT2D eigenvalue weighted by molar-refractivity contribution is -0.142. The van der Waals surface area contributed by atoms with Gasteiger partial charge in [0.2, 0.25) is 0 Å². The first-order valence-electron chi connectivity index (χ1n) is 6.93. The van der Waals surface area contributed by atoms with Gasteiger partial charge in [-0.1, -0.05) is 0 Å². The molecular formula is C14H23N3O2S. The van der Waals surface area contributed by atoms with Crippen LogP contribution in [0.1, 0.15) is 32.4 Å². The normalized spacial score (nSPS) is 20.9. The van der Waals surface area contributed by atoms with Crippen molar-refractivity contribution in [1.29, 1.82) is 0 Å². The first-order valence-corrected chi connectivity index (χ1v) is 7.81. The van der Waals surface area contributed by atoms with Crippen molar-refractivity contribution in [3.63, 3.8) is 0 Å². The summed E-state index contributed by atoms with van der Waals surface area (Å²) in [4.78, 5) is 20.4. The molecule has 1 N–H and O–H groups in total. The fourth-order valence-electron chi connectivity index (χ4n) is 2.43. The van der Waals surface area contributed by atoms with Gasteiger partial charge in [-0.15, -0.1) is 11.3 Å². The minimum Gasteiger partial charge on any atom is -0.481 e. The second-order valence-electron chi connectivity index (χ2n) is 6.11. The number of hydrogen-bond donors (Lipinski definition) is 1. The van der Waals surface area contributed by atoms with E-state index >= 15 is 0 Å². The fraction of sp³-hybridized carbons (Fsp3) is 0.714. The number of hydrogen-bond acceptors (Lipinski definition) is 5. The number of carbonyl (C=O) groups is 1. The molecule has 2 rings (SSSR count). The molecule has 0 bridgehead atoms. The molecule has 0 saturated carbocycles. The Labute approximate surface area is 124 Å². The number of likely N-dealkylation sites (tertiary alicyclic amines) is 1. The van der Waals surface area contributed by atoms with E-state index in [0.717, 1.165) is 24.6 Å². The van der Waals surface area contributed by atoms with E-state index in [1.54, 1.807) is 13.8 Å². The van der Waals surface area contributed by atoms with E-state index in [1.807, 2.05) is 5.38 Å². The molecule has 0 amide bonds. The molecule has 0 spiro atoms. The molecule has 0 aliphatic carbocycles. The molecule has 1 aromatic heterocycles. The molecule has 1 fully saturated rings. The molecule has 20 heavy (non-hydrogen) atoms. The molecule has 1 aromatic rings. The molecule has 1 unspecified atom stereocenters. The maximum Gasteiger partial charge on any atom is 0.315 e. The summed E-state index contributed by atoms with van der Waals surface area (Å²) in [6, 6.07) is 0.459. The number of carboxylic acid groups (broad SMARTS) is 1. The number of thiazole rings is 1. The number of nitrogens with zero attached hydrogens (tertiary/aromatic N) is 3. The average Bonchev–Trinajstić information content (AvgIpc) is 2.87. The summed E-state index contributed by atoms with van der Waals surface area (Å²) in [5, 5.41) is 12.0. The van der Waals surface area contributed by atoms with E-state index in [0.29, 0.717) is 11.7 Å². The second-order valence-corrected chi connectivity index (χ2v) is 6.95. The van der Waals surface area contributed by atoms with Gasteiger partial charge in [-0.05, 0) is 40.3 Å². The Kier molecular flexibility index (Phi) is 4.34. The number of aromatic nitrogens is 1. The molecular weight excluding hydrogens is 274 g/mol. The van der Waals surface area contributed by atoms with Crippen LogP contribution in [-0.4, -0.2) is 54.2 Å². The summed E-state index contributed by atoms with van der Waals surface area (Å²) in [5.74, 6) is -0.839. The summed E-state index contributed by atoms with van der Waals surface area (Å²) < 4.78 is 0. The number of aliphatic carboxylic acids is 1. The van der Waals surface area contributed by atoms with E-state index < -0.39 is 11.4 Å². The molecule has 1 atom stereocenters. The number of rotatable bonds is 4. The van der Waals surface area contributed by atoms with E-state index in [-0.39, 0.29) is 0 Å². The van der Waals surface area contributed by atoms with E-state index in [2.05, 4.69) is 28.9 Å². The Morgan fingerprint density at radius 1 is 1.60 bits per heavy atom. The highest BCUT2D eigenvalue weighted by atomic mass is 32.1. The highest BCUT2D eigenvalue weighted by molar-refractivity contribution is 7.13. The number of likely N-dealkylation sites (N-methyl/N-ethyl adjacent to an activating group) is 2. The minimum absolute atomic E-state index is 0.459. The summed E-state index contributed by atoms with van der Waals surface area (Å²) in [6.07, 6.45) is 2.36. The molecule has 1 aliphatic rings.